The molecule has 0 aliphatic carbocycles. The highest BCUT2D eigenvalue weighted by atomic mass is 19.4. The van der Waals surface area contributed by atoms with E-state index in [1.165, 1.54) is 0 Å². The summed E-state index contributed by atoms with van der Waals surface area (Å²) >= 11 is 0. The second-order valence-electron chi connectivity index (χ2n) is 6.91. The van der Waals surface area contributed by atoms with Crippen LogP contribution in [-0.4, -0.2) is 37.2 Å². The van der Waals surface area contributed by atoms with Gasteiger partial charge in [0.2, 0.25) is 5.91 Å². The van der Waals surface area contributed by atoms with Crippen LogP contribution in [0.15, 0.2) is 54.6 Å². The Bertz CT molecular complexity index is 778. The van der Waals surface area contributed by atoms with Crippen molar-refractivity contribution in [1.82, 2.24) is 4.90 Å². The van der Waals surface area contributed by atoms with Gasteiger partial charge in [-0.05, 0) is 49.2 Å². The van der Waals surface area contributed by atoms with Crippen molar-refractivity contribution in [2.24, 2.45) is 5.92 Å². The third kappa shape index (κ3) is 4.84. The molecule has 0 radical (unpaired) electrons. The van der Waals surface area contributed by atoms with Crippen LogP contribution in [0.25, 0.3) is 0 Å². The molecule has 2 aromatic rings. The minimum Gasteiger partial charge on any atom is -0.497 e. The maximum Gasteiger partial charge on any atom is 0.393 e. The number of carbonyl (C=O) groups is 1. The summed E-state index contributed by atoms with van der Waals surface area (Å²) in [7, 11) is 1.55. The number of piperidine rings is 1. The average Bonchev–Trinajstić information content (AvgIpc) is 2.69. The van der Waals surface area contributed by atoms with Crippen LogP contribution >= 0.6 is 0 Å². The molecule has 1 saturated heterocycles. The van der Waals surface area contributed by atoms with Gasteiger partial charge in [-0.25, -0.2) is 0 Å². The Morgan fingerprint density at radius 2 is 1.82 bits per heavy atom. The van der Waals surface area contributed by atoms with E-state index in [0.717, 1.165) is 0 Å². The van der Waals surface area contributed by atoms with E-state index in [1.54, 1.807) is 60.5 Å². The summed E-state index contributed by atoms with van der Waals surface area (Å²) in [5.74, 6) is -1.11. The van der Waals surface area contributed by atoms with E-state index < -0.39 is 18.1 Å². The number of amides is 1. The average molecular weight is 392 g/mol. The normalized spacial score (nSPS) is 19.1. The fraction of sp³-hybridized carbons (Fsp3) is 0.381. The van der Waals surface area contributed by atoms with Gasteiger partial charge in [0.15, 0.2) is 0 Å². The lowest BCUT2D eigenvalue weighted by molar-refractivity contribution is -0.189. The highest BCUT2D eigenvalue weighted by Crippen LogP contribution is 2.36. The van der Waals surface area contributed by atoms with Crippen molar-refractivity contribution in [3.63, 3.8) is 0 Å². The maximum absolute atomic E-state index is 13.3. The second-order valence-corrected chi connectivity index (χ2v) is 6.91. The van der Waals surface area contributed by atoms with Gasteiger partial charge in [0.25, 0.3) is 0 Å². The molecule has 1 amide bonds. The molecule has 3 rings (SSSR count). The molecule has 1 N–H and O–H groups in total. The monoisotopic (exact) mass is 392 g/mol. The fourth-order valence-electron chi connectivity index (χ4n) is 3.56. The third-order valence-electron chi connectivity index (χ3n) is 5.00. The van der Waals surface area contributed by atoms with Gasteiger partial charge in [-0.2, -0.15) is 13.2 Å². The van der Waals surface area contributed by atoms with E-state index in [0.29, 0.717) is 30.0 Å². The predicted octanol–water partition coefficient (Wildman–Crippen LogP) is 4.65. The second kappa shape index (κ2) is 8.65. The van der Waals surface area contributed by atoms with Crippen molar-refractivity contribution < 1.29 is 22.7 Å². The minimum atomic E-state index is -4.26. The van der Waals surface area contributed by atoms with Gasteiger partial charge in [0.1, 0.15) is 11.8 Å². The lowest BCUT2D eigenvalue weighted by atomic mass is 9.94. The first kappa shape index (κ1) is 20.2. The molecular weight excluding hydrogens is 369 g/mol. The molecule has 0 bridgehead atoms. The van der Waals surface area contributed by atoms with Gasteiger partial charge in [-0.1, -0.05) is 30.3 Å². The number of methoxy groups -OCH3 is 1. The molecule has 0 saturated carbocycles. The van der Waals surface area contributed by atoms with Crippen LogP contribution in [0.5, 0.6) is 5.75 Å². The number of alkyl halides is 3. The Balaban J connectivity index is 1.83. The molecular formula is C21H23F3N2O2. The van der Waals surface area contributed by atoms with Crippen molar-refractivity contribution >= 4 is 11.6 Å². The summed E-state index contributed by atoms with van der Waals surface area (Å²) in [6.45, 7) is 0.265. The van der Waals surface area contributed by atoms with E-state index >= 15 is 0 Å². The summed E-state index contributed by atoms with van der Waals surface area (Å²) in [4.78, 5) is 14.7. The number of rotatable bonds is 5. The van der Waals surface area contributed by atoms with Crippen molar-refractivity contribution in [2.45, 2.75) is 25.1 Å². The van der Waals surface area contributed by atoms with Crippen LogP contribution < -0.4 is 10.1 Å². The number of nitrogens with zero attached hydrogens (tertiary/aromatic N) is 1. The number of nitrogens with one attached hydrogen (secondary N) is 1. The topological polar surface area (TPSA) is 41.6 Å². The third-order valence-corrected chi connectivity index (χ3v) is 5.00. The van der Waals surface area contributed by atoms with E-state index in [2.05, 4.69) is 5.32 Å². The smallest absolute Gasteiger partial charge is 0.393 e. The highest BCUT2D eigenvalue weighted by molar-refractivity contribution is 5.95. The predicted molar refractivity (Wildman–Crippen MR) is 101 cm³/mol. The zero-order valence-electron chi connectivity index (χ0n) is 15.6. The number of likely N-dealkylation sites (tertiary alicyclic amines) is 1. The van der Waals surface area contributed by atoms with Crippen molar-refractivity contribution in [1.29, 1.82) is 0 Å². The van der Waals surface area contributed by atoms with Gasteiger partial charge in [-0.15, -0.1) is 0 Å². The molecule has 150 valence electrons. The molecule has 1 fully saturated rings. The van der Waals surface area contributed by atoms with E-state index in [-0.39, 0.29) is 18.9 Å². The van der Waals surface area contributed by atoms with Gasteiger partial charge in [0.05, 0.1) is 13.0 Å². The number of carbonyl (C=O) groups excluding carboxylic acids is 1. The first-order valence-electron chi connectivity index (χ1n) is 9.19. The number of hydrogen-bond acceptors (Lipinski definition) is 3. The fourth-order valence-corrected chi connectivity index (χ4v) is 3.56. The molecule has 0 aromatic heterocycles. The largest absolute Gasteiger partial charge is 0.497 e. The Morgan fingerprint density at radius 1 is 1.14 bits per heavy atom. The van der Waals surface area contributed by atoms with Crippen LogP contribution in [0.1, 0.15) is 24.4 Å². The molecule has 28 heavy (non-hydrogen) atoms. The Morgan fingerprint density at radius 3 is 2.43 bits per heavy atom. The highest BCUT2D eigenvalue weighted by Gasteiger charge is 2.44. The molecule has 0 spiro atoms. The zero-order chi connectivity index (χ0) is 20.1. The van der Waals surface area contributed by atoms with Crippen LogP contribution in [0.4, 0.5) is 18.9 Å². The van der Waals surface area contributed by atoms with Gasteiger partial charge in [0, 0.05) is 12.2 Å². The van der Waals surface area contributed by atoms with E-state index in [9.17, 15) is 18.0 Å². The Labute approximate surface area is 162 Å². The summed E-state index contributed by atoms with van der Waals surface area (Å²) in [6, 6.07) is 15.0. The van der Waals surface area contributed by atoms with E-state index in [1.807, 2.05) is 6.07 Å². The first-order valence-corrected chi connectivity index (χ1v) is 9.19. The molecule has 0 unspecified atom stereocenters. The summed E-state index contributed by atoms with van der Waals surface area (Å²) in [6.07, 6.45) is -3.75. The van der Waals surface area contributed by atoms with Crippen LogP contribution in [0.3, 0.4) is 0 Å². The number of benzene rings is 2. The standard InChI is InChI=1S/C21H23F3N2O2/c1-28-18-11-9-17(10-12-18)25-20(27)19(15-6-3-2-4-7-15)26-13-5-8-16(14-26)21(22,23)24/h2-4,6-7,9-12,16,19H,5,8,13-14H2,1H3,(H,25,27)/t16-,19-/m0/s1. The van der Waals surface area contributed by atoms with Gasteiger partial charge < -0.3 is 10.1 Å². The van der Waals surface area contributed by atoms with Gasteiger partial charge in [-0.3, -0.25) is 9.69 Å². The molecule has 2 atom stereocenters. The number of anilines is 1. The lowest BCUT2D eigenvalue weighted by Crippen LogP contribution is -2.46. The molecule has 1 heterocycles. The molecule has 4 nitrogen and oxygen atoms in total. The maximum atomic E-state index is 13.3. The van der Waals surface area contributed by atoms with Crippen LogP contribution in [0, 0.1) is 5.92 Å². The van der Waals surface area contributed by atoms with Crippen molar-refractivity contribution in [3.05, 3.63) is 60.2 Å². The van der Waals surface area contributed by atoms with Crippen molar-refractivity contribution in [3.8, 4) is 5.75 Å². The number of hydrogen-bond donors (Lipinski definition) is 1. The summed E-state index contributed by atoms with van der Waals surface area (Å²) in [5, 5.41) is 2.83. The van der Waals surface area contributed by atoms with Crippen LogP contribution in [0.2, 0.25) is 0 Å². The molecule has 1 aliphatic heterocycles. The summed E-state index contributed by atoms with van der Waals surface area (Å²) in [5.41, 5.74) is 1.24. The minimum absolute atomic E-state index is 0.0988. The van der Waals surface area contributed by atoms with Gasteiger partial charge >= 0.3 is 6.18 Å². The number of halogens is 3. The summed E-state index contributed by atoms with van der Waals surface area (Å²) < 4.78 is 44.9. The molecule has 1 aliphatic rings. The van der Waals surface area contributed by atoms with Crippen LogP contribution in [-0.2, 0) is 4.79 Å². The zero-order valence-corrected chi connectivity index (χ0v) is 15.6. The van der Waals surface area contributed by atoms with E-state index in [4.69, 9.17) is 4.74 Å². The quantitative estimate of drug-likeness (QED) is 0.805. The Kier molecular flexibility index (Phi) is 6.24. The number of ether oxygens (including phenoxy) is 1. The first-order chi connectivity index (χ1) is 13.4. The SMILES string of the molecule is COc1ccc(NC(=O)[C@H](c2ccccc2)N2CCC[C@H](C(F)(F)F)C2)cc1. The molecule has 2 aromatic carbocycles. The molecule has 7 heteroatoms. The van der Waals surface area contributed by atoms with Crippen molar-refractivity contribution in [2.75, 3.05) is 25.5 Å². The Hall–Kier alpha value is -2.54. The lowest BCUT2D eigenvalue weighted by Gasteiger charge is -2.38.